The summed E-state index contributed by atoms with van der Waals surface area (Å²) in [6, 6.07) is 12.5. The maximum atomic E-state index is 14.4. The van der Waals surface area contributed by atoms with Crippen molar-refractivity contribution in [1.29, 1.82) is 0 Å². The summed E-state index contributed by atoms with van der Waals surface area (Å²) in [5.74, 6) is 2.60. The van der Waals surface area contributed by atoms with Gasteiger partial charge in [0.05, 0.1) is 19.9 Å². The van der Waals surface area contributed by atoms with Crippen LogP contribution in [0.25, 0.3) is 0 Å². The zero-order valence-electron chi connectivity index (χ0n) is 20.3. The van der Waals surface area contributed by atoms with Crippen molar-refractivity contribution in [2.75, 3.05) is 45.3 Å². The normalized spacial score (nSPS) is 15.5. The largest absolute Gasteiger partial charge is 0.497 e. The highest BCUT2D eigenvalue weighted by atomic mass is 19.1. The van der Waals surface area contributed by atoms with Crippen LogP contribution in [0.5, 0.6) is 11.5 Å². The van der Waals surface area contributed by atoms with Crippen LogP contribution in [0.15, 0.2) is 42.5 Å². The molecule has 1 aliphatic heterocycles. The number of piperazine rings is 1. The third-order valence-electron chi connectivity index (χ3n) is 6.33. The molecular weight excluding hydrogens is 435 g/mol. The van der Waals surface area contributed by atoms with E-state index in [2.05, 4.69) is 39.2 Å². The van der Waals surface area contributed by atoms with Gasteiger partial charge in [-0.2, -0.15) is 0 Å². The minimum Gasteiger partial charge on any atom is -0.497 e. The average molecular weight is 469 g/mol. The second-order valence-corrected chi connectivity index (χ2v) is 8.93. The Bertz CT molecular complexity index is 1080. The Labute approximate surface area is 200 Å². The first kappa shape index (κ1) is 23.9. The lowest BCUT2D eigenvalue weighted by Crippen LogP contribution is -2.48. The molecule has 182 valence electrons. The summed E-state index contributed by atoms with van der Waals surface area (Å²) in [4.78, 5) is 4.43. The average Bonchev–Trinajstić information content (AvgIpc) is 3.32. The van der Waals surface area contributed by atoms with E-state index >= 15 is 0 Å². The number of hydrogen-bond donors (Lipinski definition) is 0. The minimum absolute atomic E-state index is 0.195. The quantitative estimate of drug-likeness (QED) is 0.473. The standard InChI is InChI=1S/C25H33FN6O2/c1-18(2)11-12-32-25(27-28-29-32)24(20-17-19(33-3)9-10-23(20)34-4)31-15-13-30(14-16-31)22-8-6-5-7-21(22)26/h5-10,17-18,24H,11-16H2,1-4H3. The molecule has 0 radical (unpaired) electrons. The highest BCUT2D eigenvalue weighted by Crippen LogP contribution is 2.37. The van der Waals surface area contributed by atoms with Crippen LogP contribution in [0.1, 0.15) is 37.7 Å². The molecule has 2 aromatic carbocycles. The molecular formula is C25H33FN6O2. The molecule has 1 unspecified atom stereocenters. The number of para-hydroxylation sites is 1. The summed E-state index contributed by atoms with van der Waals surface area (Å²) in [7, 11) is 3.32. The minimum atomic E-state index is -0.227. The molecule has 3 aromatic rings. The number of methoxy groups -OCH3 is 2. The monoisotopic (exact) mass is 468 g/mol. The van der Waals surface area contributed by atoms with Crippen molar-refractivity contribution in [3.8, 4) is 11.5 Å². The number of anilines is 1. The van der Waals surface area contributed by atoms with Gasteiger partial charge in [-0.1, -0.05) is 26.0 Å². The lowest BCUT2D eigenvalue weighted by atomic mass is 10.0. The molecule has 0 amide bonds. The van der Waals surface area contributed by atoms with Crippen LogP contribution >= 0.6 is 0 Å². The molecule has 1 atom stereocenters. The molecule has 0 aliphatic carbocycles. The van der Waals surface area contributed by atoms with E-state index < -0.39 is 0 Å². The lowest BCUT2D eigenvalue weighted by Gasteiger charge is -2.40. The van der Waals surface area contributed by atoms with Crippen LogP contribution in [0, 0.1) is 11.7 Å². The second kappa shape index (κ2) is 10.8. The fourth-order valence-corrected chi connectivity index (χ4v) is 4.43. The molecule has 4 rings (SSSR count). The summed E-state index contributed by atoms with van der Waals surface area (Å²) < 4.78 is 27.5. The van der Waals surface area contributed by atoms with Gasteiger partial charge in [0.25, 0.3) is 0 Å². The summed E-state index contributed by atoms with van der Waals surface area (Å²) in [6.45, 7) is 7.93. The number of ether oxygens (including phenoxy) is 2. The first-order valence-corrected chi connectivity index (χ1v) is 11.7. The van der Waals surface area contributed by atoms with Gasteiger partial charge in [0, 0.05) is 38.3 Å². The van der Waals surface area contributed by atoms with Crippen LogP contribution in [-0.2, 0) is 6.54 Å². The van der Waals surface area contributed by atoms with Crippen molar-refractivity contribution < 1.29 is 13.9 Å². The molecule has 34 heavy (non-hydrogen) atoms. The molecule has 8 nitrogen and oxygen atoms in total. The molecule has 0 N–H and O–H groups in total. The molecule has 1 aromatic heterocycles. The third-order valence-corrected chi connectivity index (χ3v) is 6.33. The van der Waals surface area contributed by atoms with Gasteiger partial charge in [-0.3, -0.25) is 4.90 Å². The Morgan fingerprint density at radius 1 is 1.00 bits per heavy atom. The number of aromatic nitrogens is 4. The number of nitrogens with zero attached hydrogens (tertiary/aromatic N) is 6. The zero-order chi connectivity index (χ0) is 24.1. The number of aryl methyl sites for hydroxylation is 1. The van der Waals surface area contributed by atoms with Crippen LogP contribution in [0.3, 0.4) is 0 Å². The van der Waals surface area contributed by atoms with E-state index in [1.165, 1.54) is 6.07 Å². The van der Waals surface area contributed by atoms with Crippen LogP contribution in [-0.4, -0.2) is 65.5 Å². The molecule has 0 spiro atoms. The van der Waals surface area contributed by atoms with E-state index in [1.807, 2.05) is 35.0 Å². The Morgan fingerprint density at radius 2 is 1.76 bits per heavy atom. The molecule has 9 heteroatoms. The SMILES string of the molecule is COc1ccc(OC)c(C(c2nnnn2CCC(C)C)N2CCN(c3ccccc3F)CC2)c1. The van der Waals surface area contributed by atoms with Crippen molar-refractivity contribution in [2.45, 2.75) is 32.9 Å². The lowest BCUT2D eigenvalue weighted by molar-refractivity contribution is 0.196. The maximum absolute atomic E-state index is 14.4. The van der Waals surface area contributed by atoms with Gasteiger partial charge in [0.2, 0.25) is 0 Å². The van der Waals surface area contributed by atoms with E-state index in [9.17, 15) is 4.39 Å². The Morgan fingerprint density at radius 3 is 2.44 bits per heavy atom. The topological polar surface area (TPSA) is 68.5 Å². The van der Waals surface area contributed by atoms with Gasteiger partial charge in [-0.15, -0.1) is 5.10 Å². The maximum Gasteiger partial charge on any atom is 0.173 e. The van der Waals surface area contributed by atoms with E-state index in [1.54, 1.807) is 20.3 Å². The first-order chi connectivity index (χ1) is 16.5. The third kappa shape index (κ3) is 5.14. The van der Waals surface area contributed by atoms with Crippen LogP contribution in [0.4, 0.5) is 10.1 Å². The summed E-state index contributed by atoms with van der Waals surface area (Å²) in [6.07, 6.45) is 0.973. The smallest absolute Gasteiger partial charge is 0.173 e. The fraction of sp³-hybridized carbons (Fsp3) is 0.480. The number of benzene rings is 2. The zero-order valence-corrected chi connectivity index (χ0v) is 20.3. The van der Waals surface area contributed by atoms with Crippen molar-refractivity contribution in [3.63, 3.8) is 0 Å². The first-order valence-electron chi connectivity index (χ1n) is 11.7. The van der Waals surface area contributed by atoms with Gasteiger partial charge in [-0.25, -0.2) is 9.07 Å². The van der Waals surface area contributed by atoms with Crippen molar-refractivity contribution in [1.82, 2.24) is 25.1 Å². The van der Waals surface area contributed by atoms with E-state index in [0.29, 0.717) is 24.7 Å². The summed E-state index contributed by atoms with van der Waals surface area (Å²) >= 11 is 0. The molecule has 1 saturated heterocycles. The Balaban J connectivity index is 1.68. The highest BCUT2D eigenvalue weighted by Gasteiger charge is 2.33. The Kier molecular flexibility index (Phi) is 7.62. The summed E-state index contributed by atoms with van der Waals surface area (Å²) in [5, 5.41) is 12.8. The predicted molar refractivity (Wildman–Crippen MR) is 129 cm³/mol. The van der Waals surface area contributed by atoms with Crippen molar-refractivity contribution in [3.05, 3.63) is 59.7 Å². The fourth-order valence-electron chi connectivity index (χ4n) is 4.43. The number of rotatable bonds is 9. The number of tetrazole rings is 1. The van der Waals surface area contributed by atoms with Crippen molar-refractivity contribution >= 4 is 5.69 Å². The molecule has 1 fully saturated rings. The van der Waals surface area contributed by atoms with Gasteiger partial charge in [0.1, 0.15) is 23.4 Å². The summed E-state index contributed by atoms with van der Waals surface area (Å²) in [5.41, 5.74) is 1.58. The molecule has 0 bridgehead atoms. The van der Waals surface area contributed by atoms with Gasteiger partial charge >= 0.3 is 0 Å². The second-order valence-electron chi connectivity index (χ2n) is 8.93. The van der Waals surface area contributed by atoms with Crippen molar-refractivity contribution in [2.24, 2.45) is 5.92 Å². The van der Waals surface area contributed by atoms with Gasteiger partial charge in [-0.05, 0) is 53.1 Å². The van der Waals surface area contributed by atoms with Crippen LogP contribution < -0.4 is 14.4 Å². The number of hydrogen-bond acceptors (Lipinski definition) is 7. The molecule has 1 aliphatic rings. The molecule has 2 heterocycles. The molecule has 0 saturated carbocycles. The van der Waals surface area contributed by atoms with E-state index in [-0.39, 0.29) is 11.9 Å². The van der Waals surface area contributed by atoms with E-state index in [0.717, 1.165) is 48.9 Å². The predicted octanol–water partition coefficient (Wildman–Crippen LogP) is 3.79. The Hall–Kier alpha value is -3.20. The number of halogens is 1. The van der Waals surface area contributed by atoms with Gasteiger partial charge < -0.3 is 14.4 Å². The van der Waals surface area contributed by atoms with Gasteiger partial charge in [0.15, 0.2) is 5.82 Å². The van der Waals surface area contributed by atoms with E-state index in [4.69, 9.17) is 9.47 Å². The highest BCUT2D eigenvalue weighted by molar-refractivity contribution is 5.48. The van der Waals surface area contributed by atoms with Crippen LogP contribution in [0.2, 0.25) is 0 Å².